The molecule has 2 aromatic carbocycles. The zero-order valence-electron chi connectivity index (χ0n) is 18.9. The Hall–Kier alpha value is -4.20. The lowest BCUT2D eigenvalue weighted by molar-refractivity contribution is -0.116. The van der Waals surface area contributed by atoms with Gasteiger partial charge in [0, 0.05) is 23.4 Å². The maximum atomic E-state index is 13.2. The standard InChI is InChI=1S/C26H24N4O4/c1-14-6-11-18(12-15(14)2)28-25(32)19-13-27-30-23(16-7-9-17(10-8-16)26(33)34)22-20(29-24(19)30)4-3-5-21(22)31/h6-13,23,29H,3-5H2,1-2H3,(H,28,32)(H,33,34). The average Bonchev–Trinajstić information content (AvgIpc) is 3.24. The number of rotatable bonds is 4. The number of anilines is 2. The van der Waals surface area contributed by atoms with Crippen LogP contribution in [0.5, 0.6) is 0 Å². The molecular weight excluding hydrogens is 432 g/mol. The second-order valence-corrected chi connectivity index (χ2v) is 8.73. The Balaban J connectivity index is 1.55. The number of hydrogen-bond donors (Lipinski definition) is 3. The average molecular weight is 457 g/mol. The number of benzene rings is 2. The molecule has 0 fully saturated rings. The number of carboxylic acids is 1. The summed E-state index contributed by atoms with van der Waals surface area (Å²) >= 11 is 0. The molecule has 1 aliphatic heterocycles. The largest absolute Gasteiger partial charge is 0.478 e. The SMILES string of the molecule is Cc1ccc(NC(=O)c2cnn3c2NC2=C(C(=O)CCC2)C3c2ccc(C(=O)O)cc2)cc1C. The smallest absolute Gasteiger partial charge is 0.335 e. The Kier molecular flexibility index (Phi) is 5.28. The molecule has 1 aliphatic carbocycles. The van der Waals surface area contributed by atoms with Crippen LogP contribution in [0.3, 0.4) is 0 Å². The van der Waals surface area contributed by atoms with E-state index < -0.39 is 12.0 Å². The molecule has 1 aromatic heterocycles. The van der Waals surface area contributed by atoms with Crippen molar-refractivity contribution in [3.05, 3.63) is 87.7 Å². The molecule has 1 atom stereocenters. The molecule has 0 saturated carbocycles. The molecule has 1 unspecified atom stereocenters. The molecule has 2 heterocycles. The summed E-state index contributed by atoms with van der Waals surface area (Å²) in [6.45, 7) is 4.00. The van der Waals surface area contributed by atoms with E-state index >= 15 is 0 Å². The maximum Gasteiger partial charge on any atom is 0.335 e. The van der Waals surface area contributed by atoms with Crippen molar-refractivity contribution in [1.29, 1.82) is 0 Å². The number of allylic oxidation sites excluding steroid dienone is 2. The number of Topliss-reactive ketones (excluding diaryl/α,β-unsaturated/α-hetero) is 1. The zero-order chi connectivity index (χ0) is 24.0. The van der Waals surface area contributed by atoms with E-state index in [4.69, 9.17) is 0 Å². The van der Waals surface area contributed by atoms with E-state index in [-0.39, 0.29) is 17.3 Å². The topological polar surface area (TPSA) is 113 Å². The second-order valence-electron chi connectivity index (χ2n) is 8.73. The van der Waals surface area contributed by atoms with Crippen LogP contribution in [-0.2, 0) is 4.79 Å². The van der Waals surface area contributed by atoms with Crippen LogP contribution in [0, 0.1) is 13.8 Å². The van der Waals surface area contributed by atoms with Crippen LogP contribution in [0.1, 0.15) is 62.7 Å². The van der Waals surface area contributed by atoms with Crippen LogP contribution in [-0.4, -0.2) is 32.5 Å². The van der Waals surface area contributed by atoms with Crippen molar-refractivity contribution >= 4 is 29.2 Å². The third-order valence-corrected chi connectivity index (χ3v) is 6.52. The molecule has 8 nitrogen and oxygen atoms in total. The highest BCUT2D eigenvalue weighted by molar-refractivity contribution is 6.08. The molecule has 0 saturated heterocycles. The predicted molar refractivity (Wildman–Crippen MR) is 127 cm³/mol. The van der Waals surface area contributed by atoms with Gasteiger partial charge < -0.3 is 15.7 Å². The minimum atomic E-state index is -1.02. The van der Waals surface area contributed by atoms with Gasteiger partial charge >= 0.3 is 5.97 Å². The van der Waals surface area contributed by atoms with E-state index in [0.29, 0.717) is 35.5 Å². The van der Waals surface area contributed by atoms with Crippen molar-refractivity contribution in [3.63, 3.8) is 0 Å². The summed E-state index contributed by atoms with van der Waals surface area (Å²) in [6.07, 6.45) is 3.36. The van der Waals surface area contributed by atoms with Gasteiger partial charge in [0.15, 0.2) is 5.78 Å². The Bertz CT molecular complexity index is 1370. The number of aromatic carboxylic acids is 1. The van der Waals surface area contributed by atoms with Gasteiger partial charge in [-0.25, -0.2) is 9.48 Å². The van der Waals surface area contributed by atoms with Crippen molar-refractivity contribution in [2.75, 3.05) is 10.6 Å². The number of carbonyl (C=O) groups excluding carboxylic acids is 2. The van der Waals surface area contributed by atoms with Crippen LogP contribution in [0.2, 0.25) is 0 Å². The Morgan fingerprint density at radius 3 is 2.56 bits per heavy atom. The van der Waals surface area contributed by atoms with Crippen LogP contribution < -0.4 is 10.6 Å². The summed E-state index contributed by atoms with van der Waals surface area (Å²) in [5.41, 5.74) is 5.58. The molecular formula is C26H24N4O4. The summed E-state index contributed by atoms with van der Waals surface area (Å²) in [5, 5.41) is 20.0. The van der Waals surface area contributed by atoms with Crippen LogP contribution in [0.25, 0.3) is 0 Å². The zero-order valence-corrected chi connectivity index (χ0v) is 18.9. The Morgan fingerprint density at radius 1 is 1.09 bits per heavy atom. The van der Waals surface area contributed by atoms with Crippen molar-refractivity contribution < 1.29 is 19.5 Å². The highest BCUT2D eigenvalue weighted by Crippen LogP contribution is 2.41. The van der Waals surface area contributed by atoms with Gasteiger partial charge in [-0.05, 0) is 67.6 Å². The molecule has 34 heavy (non-hydrogen) atoms. The maximum absolute atomic E-state index is 13.2. The first-order valence-electron chi connectivity index (χ1n) is 11.2. The quantitative estimate of drug-likeness (QED) is 0.534. The van der Waals surface area contributed by atoms with Gasteiger partial charge in [-0.2, -0.15) is 5.10 Å². The molecule has 0 bridgehead atoms. The third kappa shape index (κ3) is 3.67. The fraction of sp³-hybridized carbons (Fsp3) is 0.231. The summed E-state index contributed by atoms with van der Waals surface area (Å²) in [4.78, 5) is 37.4. The fourth-order valence-corrected chi connectivity index (χ4v) is 4.56. The van der Waals surface area contributed by atoms with Gasteiger partial charge in [-0.15, -0.1) is 0 Å². The first-order chi connectivity index (χ1) is 16.3. The number of aromatic nitrogens is 2. The van der Waals surface area contributed by atoms with Gasteiger partial charge in [-0.1, -0.05) is 18.2 Å². The highest BCUT2D eigenvalue weighted by Gasteiger charge is 2.37. The fourth-order valence-electron chi connectivity index (χ4n) is 4.56. The van der Waals surface area contributed by atoms with Crippen LogP contribution >= 0.6 is 0 Å². The van der Waals surface area contributed by atoms with E-state index in [9.17, 15) is 19.5 Å². The van der Waals surface area contributed by atoms with Crippen molar-refractivity contribution in [2.24, 2.45) is 0 Å². The summed E-state index contributed by atoms with van der Waals surface area (Å²) in [7, 11) is 0. The number of nitrogens with zero attached hydrogens (tertiary/aromatic N) is 2. The third-order valence-electron chi connectivity index (χ3n) is 6.52. The van der Waals surface area contributed by atoms with E-state index in [0.717, 1.165) is 28.8 Å². The number of carboxylic acid groups (broad SMARTS) is 1. The molecule has 3 aromatic rings. The molecule has 1 amide bonds. The first kappa shape index (κ1) is 21.6. The van der Waals surface area contributed by atoms with E-state index in [1.165, 1.54) is 18.3 Å². The van der Waals surface area contributed by atoms with Crippen molar-refractivity contribution in [1.82, 2.24) is 9.78 Å². The molecule has 0 radical (unpaired) electrons. The highest BCUT2D eigenvalue weighted by atomic mass is 16.4. The number of carbonyl (C=O) groups is 3. The van der Waals surface area contributed by atoms with Gasteiger partial charge in [0.05, 0.1) is 11.8 Å². The van der Waals surface area contributed by atoms with E-state index in [2.05, 4.69) is 15.7 Å². The number of amides is 1. The molecule has 8 heteroatoms. The minimum Gasteiger partial charge on any atom is -0.478 e. The molecule has 172 valence electrons. The lowest BCUT2D eigenvalue weighted by Crippen LogP contribution is -2.32. The van der Waals surface area contributed by atoms with Gasteiger partial charge in [0.1, 0.15) is 17.4 Å². The van der Waals surface area contributed by atoms with Crippen LogP contribution in [0.4, 0.5) is 11.5 Å². The van der Waals surface area contributed by atoms with Crippen molar-refractivity contribution in [3.8, 4) is 0 Å². The normalized spacial score (nSPS) is 17.0. The number of nitrogens with one attached hydrogen (secondary N) is 2. The number of aryl methyl sites for hydroxylation is 2. The first-order valence-corrected chi connectivity index (χ1v) is 11.2. The minimum absolute atomic E-state index is 0.0309. The number of hydrogen-bond acceptors (Lipinski definition) is 5. The van der Waals surface area contributed by atoms with Gasteiger partial charge in [-0.3, -0.25) is 9.59 Å². The molecule has 5 rings (SSSR count). The van der Waals surface area contributed by atoms with Crippen molar-refractivity contribution in [2.45, 2.75) is 39.2 Å². The lowest BCUT2D eigenvalue weighted by Gasteiger charge is -2.33. The lowest BCUT2D eigenvalue weighted by atomic mass is 9.85. The number of ketones is 1. The van der Waals surface area contributed by atoms with E-state index in [1.54, 1.807) is 16.8 Å². The summed E-state index contributed by atoms with van der Waals surface area (Å²) < 4.78 is 1.65. The summed E-state index contributed by atoms with van der Waals surface area (Å²) in [5.74, 6) is -0.774. The number of fused-ring (bicyclic) bond motifs is 1. The molecule has 0 spiro atoms. The van der Waals surface area contributed by atoms with Crippen LogP contribution in [0.15, 0.2) is 59.9 Å². The Labute approximate surface area is 196 Å². The predicted octanol–water partition coefficient (Wildman–Crippen LogP) is 4.47. The molecule has 2 aliphatic rings. The molecule has 3 N–H and O–H groups in total. The Morgan fingerprint density at radius 2 is 1.85 bits per heavy atom. The van der Waals surface area contributed by atoms with Gasteiger partial charge in [0.2, 0.25) is 0 Å². The summed E-state index contributed by atoms with van der Waals surface area (Å²) in [6, 6.07) is 11.6. The second kappa shape index (κ2) is 8.30. The monoisotopic (exact) mass is 456 g/mol. The van der Waals surface area contributed by atoms with Gasteiger partial charge in [0.25, 0.3) is 5.91 Å². The van der Waals surface area contributed by atoms with E-state index in [1.807, 2.05) is 32.0 Å².